The van der Waals surface area contributed by atoms with E-state index in [0.29, 0.717) is 0 Å². The lowest BCUT2D eigenvalue weighted by Crippen LogP contribution is -2.11. The van der Waals surface area contributed by atoms with Crippen molar-refractivity contribution in [2.75, 3.05) is 6.61 Å². The zero-order valence-corrected chi connectivity index (χ0v) is 13.1. The Bertz CT molecular complexity index is 682. The number of rotatable bonds is 6. The monoisotopic (exact) mass is 338 g/mol. The van der Waals surface area contributed by atoms with Gasteiger partial charge in [0.15, 0.2) is 0 Å². The minimum Gasteiger partial charge on any atom is -0.489 e. The summed E-state index contributed by atoms with van der Waals surface area (Å²) in [4.78, 5) is 11.6. The van der Waals surface area contributed by atoms with Crippen LogP contribution in [-0.2, 0) is 28.7 Å². The van der Waals surface area contributed by atoms with Crippen LogP contribution < -0.4 is 4.74 Å². The Morgan fingerprint density at radius 2 is 1.79 bits per heavy atom. The lowest BCUT2D eigenvalue weighted by molar-refractivity contribution is -0.142. The van der Waals surface area contributed by atoms with E-state index >= 15 is 0 Å². The van der Waals surface area contributed by atoms with Gasteiger partial charge in [-0.25, -0.2) is 0 Å². The van der Waals surface area contributed by atoms with Crippen molar-refractivity contribution in [2.45, 2.75) is 26.1 Å². The Kier molecular flexibility index (Phi) is 5.84. The first kappa shape index (κ1) is 17.8. The first-order valence-corrected chi connectivity index (χ1v) is 7.42. The maximum atomic E-state index is 12.9. The van der Waals surface area contributed by atoms with Crippen LogP contribution in [0.4, 0.5) is 13.2 Å². The quantitative estimate of drug-likeness (QED) is 0.733. The van der Waals surface area contributed by atoms with Crippen molar-refractivity contribution in [1.29, 1.82) is 0 Å². The third-order valence-corrected chi connectivity index (χ3v) is 3.27. The Morgan fingerprint density at radius 3 is 2.42 bits per heavy atom. The summed E-state index contributed by atoms with van der Waals surface area (Å²) in [5.74, 6) is -0.360. The highest BCUT2D eigenvalue weighted by Crippen LogP contribution is 2.33. The Hall–Kier alpha value is -2.50. The van der Waals surface area contributed by atoms with Gasteiger partial charge in [0.1, 0.15) is 12.4 Å². The minimum atomic E-state index is -4.48. The van der Waals surface area contributed by atoms with Crippen LogP contribution in [0, 0.1) is 0 Å². The first-order valence-electron chi connectivity index (χ1n) is 7.42. The van der Waals surface area contributed by atoms with Gasteiger partial charge in [0, 0.05) is 5.56 Å². The highest BCUT2D eigenvalue weighted by atomic mass is 19.4. The Labute approximate surface area is 138 Å². The van der Waals surface area contributed by atoms with Crippen molar-refractivity contribution in [1.82, 2.24) is 0 Å². The van der Waals surface area contributed by atoms with E-state index in [1.165, 1.54) is 6.07 Å². The van der Waals surface area contributed by atoms with E-state index < -0.39 is 17.7 Å². The molecule has 128 valence electrons. The van der Waals surface area contributed by atoms with Gasteiger partial charge in [-0.05, 0) is 30.7 Å². The summed E-state index contributed by atoms with van der Waals surface area (Å²) in [6, 6.07) is 12.3. The maximum Gasteiger partial charge on any atom is 0.416 e. The molecule has 2 aromatic rings. The number of carbonyl (C=O) groups excluding carboxylic acids is 1. The molecule has 0 unspecified atom stereocenters. The van der Waals surface area contributed by atoms with Crippen LogP contribution in [-0.4, -0.2) is 12.6 Å². The van der Waals surface area contributed by atoms with Crippen molar-refractivity contribution in [3.63, 3.8) is 0 Å². The van der Waals surface area contributed by atoms with E-state index in [4.69, 9.17) is 9.47 Å². The third kappa shape index (κ3) is 5.01. The molecular formula is C18H17F3O3. The van der Waals surface area contributed by atoms with Crippen molar-refractivity contribution in [3.8, 4) is 5.75 Å². The largest absolute Gasteiger partial charge is 0.489 e. The van der Waals surface area contributed by atoms with Crippen LogP contribution in [0.15, 0.2) is 48.5 Å². The van der Waals surface area contributed by atoms with E-state index in [2.05, 4.69) is 0 Å². The standard InChI is InChI=1S/C18H17F3O3/c1-2-23-17(22)11-14-10-15(18(19,20)21)8-9-16(14)24-12-13-6-4-3-5-7-13/h3-10H,2,11-12H2,1H3. The normalized spacial score (nSPS) is 11.2. The molecule has 0 heterocycles. The lowest BCUT2D eigenvalue weighted by Gasteiger charge is -2.14. The predicted octanol–water partition coefficient (Wildman–Crippen LogP) is 4.39. The molecule has 0 atom stereocenters. The number of alkyl halides is 3. The van der Waals surface area contributed by atoms with Gasteiger partial charge in [-0.1, -0.05) is 30.3 Å². The van der Waals surface area contributed by atoms with E-state index in [9.17, 15) is 18.0 Å². The molecule has 0 fully saturated rings. The summed E-state index contributed by atoms with van der Waals surface area (Å²) in [7, 11) is 0. The summed E-state index contributed by atoms with van der Waals surface area (Å²) in [5, 5.41) is 0. The summed E-state index contributed by atoms with van der Waals surface area (Å²) >= 11 is 0. The van der Waals surface area contributed by atoms with Gasteiger partial charge in [0.2, 0.25) is 0 Å². The third-order valence-electron chi connectivity index (χ3n) is 3.27. The van der Waals surface area contributed by atoms with Crippen LogP contribution >= 0.6 is 0 Å². The van der Waals surface area contributed by atoms with Crippen LogP contribution in [0.1, 0.15) is 23.6 Å². The van der Waals surface area contributed by atoms with Gasteiger partial charge in [-0.2, -0.15) is 13.2 Å². The number of halogens is 3. The Balaban J connectivity index is 2.22. The van der Waals surface area contributed by atoms with Crippen molar-refractivity contribution in [3.05, 3.63) is 65.2 Å². The molecule has 2 aromatic carbocycles. The number of carbonyl (C=O) groups is 1. The molecule has 0 bridgehead atoms. The van der Waals surface area contributed by atoms with Crippen LogP contribution in [0.2, 0.25) is 0 Å². The summed E-state index contributed by atoms with van der Waals surface area (Å²) in [6.07, 6.45) is -4.76. The molecule has 0 aliphatic rings. The SMILES string of the molecule is CCOC(=O)Cc1cc(C(F)(F)F)ccc1OCc1ccccc1. The lowest BCUT2D eigenvalue weighted by atomic mass is 10.1. The van der Waals surface area contributed by atoms with E-state index in [-0.39, 0.29) is 30.9 Å². The van der Waals surface area contributed by atoms with Crippen LogP contribution in [0.3, 0.4) is 0 Å². The number of esters is 1. The van der Waals surface area contributed by atoms with Gasteiger partial charge in [-0.15, -0.1) is 0 Å². The second kappa shape index (κ2) is 7.86. The number of benzene rings is 2. The van der Waals surface area contributed by atoms with Crippen molar-refractivity contribution < 1.29 is 27.4 Å². The molecule has 24 heavy (non-hydrogen) atoms. The minimum absolute atomic E-state index is 0.152. The van der Waals surface area contributed by atoms with E-state index in [0.717, 1.165) is 17.7 Å². The maximum absolute atomic E-state index is 12.9. The average molecular weight is 338 g/mol. The molecule has 2 rings (SSSR count). The summed E-state index contributed by atoms with van der Waals surface area (Å²) in [6.45, 7) is 2.00. The van der Waals surface area contributed by atoms with Gasteiger partial charge in [0.25, 0.3) is 0 Å². The molecule has 0 radical (unpaired) electrons. The Morgan fingerprint density at radius 1 is 1.08 bits per heavy atom. The highest BCUT2D eigenvalue weighted by Gasteiger charge is 2.31. The zero-order valence-electron chi connectivity index (χ0n) is 13.1. The number of hydrogen-bond acceptors (Lipinski definition) is 3. The van der Waals surface area contributed by atoms with Gasteiger partial charge in [0.05, 0.1) is 18.6 Å². The fourth-order valence-corrected chi connectivity index (χ4v) is 2.14. The molecule has 0 aromatic heterocycles. The van der Waals surface area contributed by atoms with Crippen LogP contribution in [0.5, 0.6) is 5.75 Å². The second-order valence-corrected chi connectivity index (χ2v) is 5.08. The summed E-state index contributed by atoms with van der Waals surface area (Å²) in [5.41, 5.74) is 0.201. The molecule has 0 amide bonds. The molecule has 0 aliphatic heterocycles. The molecule has 0 saturated heterocycles. The zero-order chi connectivity index (χ0) is 17.6. The van der Waals surface area contributed by atoms with Gasteiger partial charge < -0.3 is 9.47 Å². The molecule has 6 heteroatoms. The van der Waals surface area contributed by atoms with E-state index in [1.54, 1.807) is 6.92 Å². The van der Waals surface area contributed by atoms with Crippen LogP contribution in [0.25, 0.3) is 0 Å². The van der Waals surface area contributed by atoms with Gasteiger partial charge >= 0.3 is 12.1 Å². The number of hydrogen-bond donors (Lipinski definition) is 0. The highest BCUT2D eigenvalue weighted by molar-refractivity contribution is 5.73. The fraction of sp³-hybridized carbons (Fsp3) is 0.278. The smallest absolute Gasteiger partial charge is 0.416 e. The first-order chi connectivity index (χ1) is 11.4. The predicted molar refractivity (Wildman–Crippen MR) is 82.6 cm³/mol. The number of ether oxygens (including phenoxy) is 2. The topological polar surface area (TPSA) is 35.5 Å². The van der Waals surface area contributed by atoms with Crippen molar-refractivity contribution >= 4 is 5.97 Å². The summed E-state index contributed by atoms with van der Waals surface area (Å²) < 4.78 is 49.0. The molecule has 0 N–H and O–H groups in total. The molecule has 0 aliphatic carbocycles. The molecule has 0 saturated carbocycles. The van der Waals surface area contributed by atoms with Crippen molar-refractivity contribution in [2.24, 2.45) is 0 Å². The molecular weight excluding hydrogens is 321 g/mol. The van der Waals surface area contributed by atoms with E-state index in [1.807, 2.05) is 30.3 Å². The molecule has 3 nitrogen and oxygen atoms in total. The molecule has 0 spiro atoms. The van der Waals surface area contributed by atoms with Gasteiger partial charge in [-0.3, -0.25) is 4.79 Å². The fourth-order valence-electron chi connectivity index (χ4n) is 2.14. The second-order valence-electron chi connectivity index (χ2n) is 5.08. The average Bonchev–Trinajstić information content (AvgIpc) is 2.54.